The number of nitrogens with one attached hydrogen (secondary N) is 1. The lowest BCUT2D eigenvalue weighted by atomic mass is 10.1. The van der Waals surface area contributed by atoms with Gasteiger partial charge in [-0.2, -0.15) is 0 Å². The van der Waals surface area contributed by atoms with Crippen LogP contribution in [0, 0.1) is 0 Å². The van der Waals surface area contributed by atoms with Gasteiger partial charge in [0.2, 0.25) is 0 Å². The van der Waals surface area contributed by atoms with E-state index in [1.807, 2.05) is 35.6 Å². The van der Waals surface area contributed by atoms with Crippen molar-refractivity contribution in [2.24, 2.45) is 5.84 Å². The van der Waals surface area contributed by atoms with Crippen molar-refractivity contribution in [1.82, 2.24) is 5.43 Å². The number of rotatable bonds is 3. The van der Waals surface area contributed by atoms with Gasteiger partial charge in [0.25, 0.3) is 0 Å². The highest BCUT2D eigenvalue weighted by atomic mass is 35.5. The molecule has 1 aliphatic carbocycles. The molecule has 0 spiro atoms. The summed E-state index contributed by atoms with van der Waals surface area (Å²) in [4.78, 5) is 2.71. The topological polar surface area (TPSA) is 51.2 Å². The number of fused-ring (bicyclic) bond motifs is 2. The third-order valence-corrected chi connectivity index (χ3v) is 5.54. The first kappa shape index (κ1) is 13.3. The summed E-state index contributed by atoms with van der Waals surface area (Å²) in [6.45, 7) is 0. The summed E-state index contributed by atoms with van der Waals surface area (Å²) < 4.78 is 5.94. The fourth-order valence-electron chi connectivity index (χ4n) is 2.98. The van der Waals surface area contributed by atoms with Crippen LogP contribution in [0.1, 0.15) is 33.5 Å². The van der Waals surface area contributed by atoms with E-state index in [9.17, 15) is 0 Å². The van der Waals surface area contributed by atoms with Crippen molar-refractivity contribution in [3.8, 4) is 0 Å². The average Bonchev–Trinajstić information content (AvgIpc) is 3.12. The zero-order valence-corrected chi connectivity index (χ0v) is 12.9. The smallest absolute Gasteiger partial charge is 0.134 e. The van der Waals surface area contributed by atoms with Crippen LogP contribution in [0.2, 0.25) is 5.02 Å². The maximum absolute atomic E-state index is 6.03. The zero-order chi connectivity index (χ0) is 14.4. The van der Waals surface area contributed by atoms with Gasteiger partial charge in [0.1, 0.15) is 17.4 Å². The minimum absolute atomic E-state index is 0.105. The van der Waals surface area contributed by atoms with E-state index in [1.165, 1.54) is 34.6 Å². The Morgan fingerprint density at radius 2 is 2.14 bits per heavy atom. The summed E-state index contributed by atoms with van der Waals surface area (Å²) in [5.41, 5.74) is 5.18. The van der Waals surface area contributed by atoms with Crippen molar-refractivity contribution >= 4 is 33.9 Å². The summed E-state index contributed by atoms with van der Waals surface area (Å²) in [7, 11) is 0. The number of furan rings is 1. The van der Waals surface area contributed by atoms with E-state index < -0.39 is 0 Å². The number of hydrogen-bond acceptors (Lipinski definition) is 4. The monoisotopic (exact) mass is 318 g/mol. The molecule has 3 N–H and O–H groups in total. The number of hydrazine groups is 1. The molecule has 4 rings (SSSR count). The van der Waals surface area contributed by atoms with Gasteiger partial charge >= 0.3 is 0 Å². The fraction of sp³-hybridized carbons (Fsp3) is 0.250. The van der Waals surface area contributed by atoms with Gasteiger partial charge in [-0.1, -0.05) is 11.6 Å². The highest BCUT2D eigenvalue weighted by Gasteiger charge is 2.23. The summed E-state index contributed by atoms with van der Waals surface area (Å²) in [5.74, 6) is 6.61. The van der Waals surface area contributed by atoms with Crippen molar-refractivity contribution in [2.75, 3.05) is 0 Å². The molecule has 0 aliphatic heterocycles. The molecular weight excluding hydrogens is 304 g/mol. The third kappa shape index (κ3) is 2.28. The molecule has 0 amide bonds. The van der Waals surface area contributed by atoms with E-state index in [0.717, 1.165) is 16.7 Å². The van der Waals surface area contributed by atoms with Crippen LogP contribution in [0.5, 0.6) is 0 Å². The van der Waals surface area contributed by atoms with Crippen molar-refractivity contribution in [3.63, 3.8) is 0 Å². The van der Waals surface area contributed by atoms with Crippen molar-refractivity contribution < 1.29 is 4.42 Å². The van der Waals surface area contributed by atoms with Gasteiger partial charge in [-0.3, -0.25) is 5.84 Å². The highest BCUT2D eigenvalue weighted by Crippen LogP contribution is 2.37. The molecule has 21 heavy (non-hydrogen) atoms. The van der Waals surface area contributed by atoms with Gasteiger partial charge in [0.15, 0.2) is 0 Å². The number of nitrogens with two attached hydrogens (primary N) is 1. The number of benzene rings is 1. The summed E-state index contributed by atoms with van der Waals surface area (Å²) >= 11 is 7.86. The molecule has 3 aromatic rings. The Labute approximate surface area is 131 Å². The third-order valence-electron chi connectivity index (χ3n) is 4.00. The lowest BCUT2D eigenvalue weighted by Crippen LogP contribution is -2.27. The molecular formula is C16H15ClN2OS. The second kappa shape index (κ2) is 5.14. The Balaban J connectivity index is 1.76. The van der Waals surface area contributed by atoms with E-state index in [0.29, 0.717) is 5.02 Å². The van der Waals surface area contributed by atoms with E-state index in [1.54, 1.807) is 0 Å². The van der Waals surface area contributed by atoms with Gasteiger partial charge < -0.3 is 4.42 Å². The maximum atomic E-state index is 6.03. The molecule has 0 saturated heterocycles. The fourth-order valence-corrected chi connectivity index (χ4v) is 4.48. The Bertz CT molecular complexity index is 786. The molecule has 2 heterocycles. The molecule has 2 aromatic heterocycles. The molecule has 0 bridgehead atoms. The van der Waals surface area contributed by atoms with Crippen LogP contribution in [0.25, 0.3) is 11.0 Å². The van der Waals surface area contributed by atoms with Gasteiger partial charge in [-0.05, 0) is 55.2 Å². The molecule has 1 unspecified atom stereocenters. The van der Waals surface area contributed by atoms with Crippen molar-refractivity contribution in [3.05, 3.63) is 56.4 Å². The van der Waals surface area contributed by atoms with E-state index in [4.69, 9.17) is 21.9 Å². The van der Waals surface area contributed by atoms with Crippen molar-refractivity contribution in [1.29, 1.82) is 0 Å². The summed E-state index contributed by atoms with van der Waals surface area (Å²) in [5, 5.41) is 1.71. The molecule has 0 radical (unpaired) electrons. The van der Waals surface area contributed by atoms with Crippen LogP contribution in [0.15, 0.2) is 34.7 Å². The Morgan fingerprint density at radius 1 is 1.24 bits per heavy atom. The first-order chi connectivity index (χ1) is 10.2. The molecule has 1 atom stereocenters. The minimum Gasteiger partial charge on any atom is -0.459 e. The Morgan fingerprint density at radius 3 is 2.95 bits per heavy atom. The Kier molecular flexibility index (Phi) is 3.27. The van der Waals surface area contributed by atoms with Gasteiger partial charge in [0.05, 0.1) is 0 Å². The Hall–Kier alpha value is -1.33. The first-order valence-electron chi connectivity index (χ1n) is 7.01. The van der Waals surface area contributed by atoms with Crippen LogP contribution in [0.3, 0.4) is 0 Å². The number of thiophene rings is 1. The molecule has 108 valence electrons. The van der Waals surface area contributed by atoms with E-state index >= 15 is 0 Å². The van der Waals surface area contributed by atoms with Crippen LogP contribution >= 0.6 is 22.9 Å². The first-order valence-corrected chi connectivity index (χ1v) is 8.20. The normalized spacial score (nSPS) is 15.5. The molecule has 1 aliphatic rings. The highest BCUT2D eigenvalue weighted by molar-refractivity contribution is 7.12. The predicted molar refractivity (Wildman–Crippen MR) is 86.7 cm³/mol. The molecule has 5 heteroatoms. The standard InChI is InChI=1S/C16H15ClN2OS/c17-11-4-5-12-10(6-11)7-13(20-12)16(19-18)15-8-9-2-1-3-14(9)21-15/h4-8,16,19H,1-3,18H2. The van der Waals surface area contributed by atoms with Crippen LogP contribution in [-0.4, -0.2) is 0 Å². The average molecular weight is 319 g/mol. The number of hydrogen-bond donors (Lipinski definition) is 2. The van der Waals surface area contributed by atoms with Crippen LogP contribution < -0.4 is 11.3 Å². The minimum atomic E-state index is -0.105. The van der Waals surface area contributed by atoms with Crippen LogP contribution in [0.4, 0.5) is 0 Å². The second-order valence-corrected chi connectivity index (χ2v) is 6.99. The lowest BCUT2D eigenvalue weighted by molar-refractivity contribution is 0.481. The van der Waals surface area contributed by atoms with E-state index in [-0.39, 0.29) is 6.04 Å². The maximum Gasteiger partial charge on any atom is 0.134 e. The van der Waals surface area contributed by atoms with Gasteiger partial charge in [0, 0.05) is 20.2 Å². The summed E-state index contributed by atoms with van der Waals surface area (Å²) in [6.07, 6.45) is 3.64. The second-order valence-electron chi connectivity index (χ2n) is 5.38. The quantitative estimate of drug-likeness (QED) is 0.562. The van der Waals surface area contributed by atoms with Crippen LogP contribution in [-0.2, 0) is 12.8 Å². The van der Waals surface area contributed by atoms with Gasteiger partial charge in [-0.15, -0.1) is 11.3 Å². The molecule has 0 fully saturated rings. The van der Waals surface area contributed by atoms with Gasteiger partial charge in [-0.25, -0.2) is 5.43 Å². The number of aryl methyl sites for hydroxylation is 2. The SMILES string of the molecule is NNC(c1cc2cc(Cl)ccc2o1)c1cc2c(s1)CCC2. The molecule has 0 saturated carbocycles. The predicted octanol–water partition coefficient (Wildman–Crippen LogP) is 4.19. The molecule has 1 aromatic carbocycles. The largest absolute Gasteiger partial charge is 0.459 e. The summed E-state index contributed by atoms with van der Waals surface area (Å²) in [6, 6.07) is 9.80. The molecule has 3 nitrogen and oxygen atoms in total. The lowest BCUT2D eigenvalue weighted by Gasteiger charge is -2.11. The van der Waals surface area contributed by atoms with E-state index in [2.05, 4.69) is 11.5 Å². The van der Waals surface area contributed by atoms with Crippen molar-refractivity contribution in [2.45, 2.75) is 25.3 Å². The number of halogens is 1. The zero-order valence-electron chi connectivity index (χ0n) is 11.4.